The van der Waals surface area contributed by atoms with E-state index in [9.17, 15) is 0 Å². The highest BCUT2D eigenvalue weighted by molar-refractivity contribution is 7.99. The lowest BCUT2D eigenvalue weighted by molar-refractivity contribution is 0.850. The number of hydrogen-bond acceptors (Lipinski definition) is 4. The Morgan fingerprint density at radius 2 is 2.22 bits per heavy atom. The van der Waals surface area contributed by atoms with Crippen LogP contribution in [0, 0.1) is 6.92 Å². The molecule has 18 heavy (non-hydrogen) atoms. The Kier molecular flexibility index (Phi) is 3.72. The first-order chi connectivity index (χ1) is 8.58. The molecule has 94 valence electrons. The van der Waals surface area contributed by atoms with E-state index in [0.29, 0.717) is 11.0 Å². The smallest absolute Gasteiger partial charge is 0.210 e. The lowest BCUT2D eigenvalue weighted by atomic mass is 10.1. The van der Waals surface area contributed by atoms with Crippen molar-refractivity contribution >= 4 is 11.8 Å². The minimum absolute atomic E-state index is 0.683. The Morgan fingerprint density at radius 3 is 2.89 bits per heavy atom. The molecule has 0 aliphatic rings. The molecule has 0 saturated carbocycles. The van der Waals surface area contributed by atoms with Crippen molar-refractivity contribution in [2.24, 2.45) is 0 Å². The molecule has 0 bridgehead atoms. The Hall–Kier alpha value is -1.75. The van der Waals surface area contributed by atoms with E-state index in [-0.39, 0.29) is 0 Å². The number of aromatic nitrogens is 3. The number of aryl methyl sites for hydroxylation is 1. The largest absolute Gasteiger partial charge is 0.335 e. The van der Waals surface area contributed by atoms with Gasteiger partial charge in [-0.25, -0.2) is 4.68 Å². The van der Waals surface area contributed by atoms with E-state index in [2.05, 4.69) is 16.8 Å². The van der Waals surface area contributed by atoms with Crippen LogP contribution in [0.15, 0.2) is 41.6 Å². The first-order valence-electron chi connectivity index (χ1n) is 5.62. The molecule has 0 fully saturated rings. The highest BCUT2D eigenvalue weighted by atomic mass is 32.2. The molecule has 0 aliphatic heterocycles. The summed E-state index contributed by atoms with van der Waals surface area (Å²) < 4.78 is 1.53. The van der Waals surface area contributed by atoms with Crippen molar-refractivity contribution in [1.29, 1.82) is 0 Å². The second-order valence-electron chi connectivity index (χ2n) is 4.29. The third-order valence-electron chi connectivity index (χ3n) is 2.39. The maximum absolute atomic E-state index is 6.01. The van der Waals surface area contributed by atoms with Crippen LogP contribution in [-0.2, 0) is 0 Å². The summed E-state index contributed by atoms with van der Waals surface area (Å²) in [5.41, 5.74) is 3.24. The van der Waals surface area contributed by atoms with E-state index in [1.165, 1.54) is 22.0 Å². The van der Waals surface area contributed by atoms with Gasteiger partial charge in [-0.05, 0) is 19.9 Å². The van der Waals surface area contributed by atoms with Crippen LogP contribution in [0.3, 0.4) is 0 Å². The number of nitrogens with two attached hydrogens (primary N) is 1. The van der Waals surface area contributed by atoms with Crippen molar-refractivity contribution in [2.45, 2.75) is 19.0 Å². The predicted octanol–water partition coefficient (Wildman–Crippen LogP) is 2.64. The van der Waals surface area contributed by atoms with Crippen LogP contribution in [0.1, 0.15) is 12.5 Å². The molecule has 0 aliphatic carbocycles. The molecule has 2 N–H and O–H groups in total. The second-order valence-corrected chi connectivity index (χ2v) is 5.23. The van der Waals surface area contributed by atoms with Crippen LogP contribution in [-0.4, -0.2) is 20.6 Å². The molecule has 0 saturated heterocycles. The Bertz CT molecular complexity index is 574. The van der Waals surface area contributed by atoms with Gasteiger partial charge in [0.2, 0.25) is 5.16 Å². The highest BCUT2D eigenvalue weighted by Crippen LogP contribution is 2.22. The van der Waals surface area contributed by atoms with Gasteiger partial charge in [0.05, 0.1) is 0 Å². The van der Waals surface area contributed by atoms with E-state index in [0.717, 1.165) is 16.9 Å². The zero-order valence-electron chi connectivity index (χ0n) is 10.6. The first-order valence-corrected chi connectivity index (χ1v) is 6.61. The molecular formula is C13H16N4S. The number of nitrogen functional groups attached to an aromatic ring is 1. The molecule has 0 radical (unpaired) electrons. The number of hydrogen-bond donors (Lipinski definition) is 1. The monoisotopic (exact) mass is 260 g/mol. The molecule has 0 amide bonds. The third-order valence-corrected chi connectivity index (χ3v) is 3.56. The molecule has 2 aromatic rings. The molecule has 4 nitrogen and oxygen atoms in total. The zero-order valence-corrected chi connectivity index (χ0v) is 11.4. The van der Waals surface area contributed by atoms with E-state index >= 15 is 0 Å². The van der Waals surface area contributed by atoms with Gasteiger partial charge in [0, 0.05) is 11.3 Å². The lowest BCUT2D eigenvalue weighted by Gasteiger charge is -2.04. The zero-order chi connectivity index (χ0) is 13.1. The van der Waals surface area contributed by atoms with Gasteiger partial charge in [0.15, 0.2) is 5.82 Å². The molecule has 5 heteroatoms. The summed E-state index contributed by atoms with van der Waals surface area (Å²) >= 11 is 1.54. The van der Waals surface area contributed by atoms with Crippen molar-refractivity contribution in [3.8, 4) is 11.4 Å². The molecule has 0 spiro atoms. The fraction of sp³-hybridized carbons (Fsp3) is 0.231. The van der Waals surface area contributed by atoms with Gasteiger partial charge in [-0.1, -0.05) is 47.7 Å². The number of rotatable bonds is 4. The SMILES string of the molecule is C=C(C)CSc1nnc(-c2cccc(C)c2)n1N. The van der Waals surface area contributed by atoms with Crippen LogP contribution in [0.25, 0.3) is 11.4 Å². The fourth-order valence-corrected chi connectivity index (χ4v) is 2.24. The van der Waals surface area contributed by atoms with E-state index in [1.54, 1.807) is 0 Å². The third kappa shape index (κ3) is 2.73. The van der Waals surface area contributed by atoms with Crippen molar-refractivity contribution in [3.63, 3.8) is 0 Å². The summed E-state index contributed by atoms with van der Waals surface area (Å²) in [4.78, 5) is 0. The normalized spacial score (nSPS) is 10.6. The van der Waals surface area contributed by atoms with Crippen molar-refractivity contribution < 1.29 is 0 Å². The predicted molar refractivity (Wildman–Crippen MR) is 75.9 cm³/mol. The maximum atomic E-state index is 6.01. The van der Waals surface area contributed by atoms with E-state index in [4.69, 9.17) is 5.84 Å². The van der Waals surface area contributed by atoms with Crippen LogP contribution < -0.4 is 5.84 Å². The fourth-order valence-electron chi connectivity index (χ4n) is 1.54. The van der Waals surface area contributed by atoms with Gasteiger partial charge < -0.3 is 5.84 Å². The Morgan fingerprint density at radius 1 is 1.44 bits per heavy atom. The van der Waals surface area contributed by atoms with Crippen LogP contribution in [0.2, 0.25) is 0 Å². The molecule has 0 unspecified atom stereocenters. The van der Waals surface area contributed by atoms with Crippen molar-refractivity contribution in [2.75, 3.05) is 11.6 Å². The van der Waals surface area contributed by atoms with Crippen LogP contribution in [0.4, 0.5) is 0 Å². The molecule has 1 heterocycles. The summed E-state index contributed by atoms with van der Waals surface area (Å²) in [5, 5.41) is 8.95. The molecule has 2 rings (SSSR count). The van der Waals surface area contributed by atoms with Gasteiger partial charge >= 0.3 is 0 Å². The van der Waals surface area contributed by atoms with Gasteiger partial charge in [-0.3, -0.25) is 0 Å². The second kappa shape index (κ2) is 5.27. The van der Waals surface area contributed by atoms with E-state index < -0.39 is 0 Å². The van der Waals surface area contributed by atoms with Crippen molar-refractivity contribution in [1.82, 2.24) is 14.9 Å². The minimum atomic E-state index is 0.683. The molecular weight excluding hydrogens is 244 g/mol. The van der Waals surface area contributed by atoms with E-state index in [1.807, 2.05) is 38.1 Å². The van der Waals surface area contributed by atoms with Gasteiger partial charge in [0.25, 0.3) is 0 Å². The average molecular weight is 260 g/mol. The van der Waals surface area contributed by atoms with Gasteiger partial charge in [0.1, 0.15) is 0 Å². The standard InChI is InChI=1S/C13H16N4S/c1-9(2)8-18-13-16-15-12(17(13)14)11-6-4-5-10(3)7-11/h4-7H,1,8,14H2,2-3H3. The molecule has 1 aromatic heterocycles. The summed E-state index contributed by atoms with van der Waals surface area (Å²) in [6, 6.07) is 8.05. The minimum Gasteiger partial charge on any atom is -0.335 e. The summed E-state index contributed by atoms with van der Waals surface area (Å²) in [5.74, 6) is 7.49. The number of benzene rings is 1. The van der Waals surface area contributed by atoms with Crippen molar-refractivity contribution in [3.05, 3.63) is 42.0 Å². The summed E-state index contributed by atoms with van der Waals surface area (Å²) in [6.07, 6.45) is 0. The number of nitrogens with zero attached hydrogens (tertiary/aromatic N) is 3. The van der Waals surface area contributed by atoms with Crippen LogP contribution >= 0.6 is 11.8 Å². The number of thioether (sulfide) groups is 1. The maximum Gasteiger partial charge on any atom is 0.210 e. The first kappa shape index (κ1) is 12.7. The topological polar surface area (TPSA) is 56.7 Å². The average Bonchev–Trinajstić information content (AvgIpc) is 2.68. The van der Waals surface area contributed by atoms with Crippen LogP contribution in [0.5, 0.6) is 0 Å². The lowest BCUT2D eigenvalue weighted by Crippen LogP contribution is -2.11. The molecule has 1 aromatic carbocycles. The highest BCUT2D eigenvalue weighted by Gasteiger charge is 2.11. The quantitative estimate of drug-likeness (QED) is 0.521. The van der Waals surface area contributed by atoms with Gasteiger partial charge in [-0.2, -0.15) is 0 Å². The van der Waals surface area contributed by atoms with Gasteiger partial charge in [-0.15, -0.1) is 10.2 Å². The Balaban J connectivity index is 2.28. The molecule has 0 atom stereocenters. The summed E-state index contributed by atoms with van der Waals surface area (Å²) in [7, 11) is 0. The summed E-state index contributed by atoms with van der Waals surface area (Å²) in [6.45, 7) is 7.87. The Labute approximate surface area is 111 Å².